The lowest BCUT2D eigenvalue weighted by atomic mass is 10.0. The zero-order valence-corrected chi connectivity index (χ0v) is 23.9. The molecular formula is C31H38N4O6. The van der Waals surface area contributed by atoms with Crippen molar-refractivity contribution < 1.29 is 29.0 Å². The SMILES string of the molecule is CN(C(=O)[C@@H]1CCCN1C(=O)OC(C)(C)C)[C@H](Cc1c[nH]c2ccccc12)C(=O)N[C@@H](Cc1ccccc1)C(=O)O. The van der Waals surface area contributed by atoms with Crippen LogP contribution in [-0.2, 0) is 32.0 Å². The molecule has 1 aromatic heterocycles. The first-order valence-electron chi connectivity index (χ1n) is 13.8. The summed E-state index contributed by atoms with van der Waals surface area (Å²) in [6.45, 7) is 5.66. The predicted molar refractivity (Wildman–Crippen MR) is 154 cm³/mol. The van der Waals surface area contributed by atoms with E-state index in [1.807, 2.05) is 30.3 Å². The van der Waals surface area contributed by atoms with Gasteiger partial charge in [-0.3, -0.25) is 14.5 Å². The van der Waals surface area contributed by atoms with Gasteiger partial charge in [0.15, 0.2) is 0 Å². The maximum Gasteiger partial charge on any atom is 0.410 e. The van der Waals surface area contributed by atoms with E-state index in [1.165, 1.54) is 16.8 Å². The lowest BCUT2D eigenvalue weighted by molar-refractivity contribution is -0.145. The molecule has 1 aliphatic heterocycles. The Kier molecular flexibility index (Phi) is 9.00. The van der Waals surface area contributed by atoms with Crippen LogP contribution in [-0.4, -0.2) is 81.1 Å². The minimum Gasteiger partial charge on any atom is -0.480 e. The lowest BCUT2D eigenvalue weighted by Gasteiger charge is -2.33. The first kappa shape index (κ1) is 29.6. The molecule has 41 heavy (non-hydrogen) atoms. The number of likely N-dealkylation sites (tertiary alicyclic amines) is 1. The van der Waals surface area contributed by atoms with Gasteiger partial charge in [0.2, 0.25) is 11.8 Å². The number of aromatic nitrogens is 1. The number of benzene rings is 2. The Bertz CT molecular complexity index is 1400. The Morgan fingerprint density at radius 2 is 1.76 bits per heavy atom. The van der Waals surface area contributed by atoms with Crippen molar-refractivity contribution >= 4 is 34.8 Å². The van der Waals surface area contributed by atoms with Crippen LogP contribution in [0.15, 0.2) is 60.8 Å². The number of fused-ring (bicyclic) bond motifs is 1. The molecule has 3 N–H and O–H groups in total. The van der Waals surface area contributed by atoms with Gasteiger partial charge in [0.05, 0.1) is 0 Å². The molecule has 1 fully saturated rings. The maximum atomic E-state index is 13.8. The highest BCUT2D eigenvalue weighted by atomic mass is 16.6. The summed E-state index contributed by atoms with van der Waals surface area (Å²) in [6.07, 6.45) is 2.53. The van der Waals surface area contributed by atoms with Gasteiger partial charge >= 0.3 is 12.1 Å². The number of carbonyl (C=O) groups excluding carboxylic acids is 3. The molecule has 3 amide bonds. The molecule has 1 saturated heterocycles. The third kappa shape index (κ3) is 7.25. The van der Waals surface area contributed by atoms with Gasteiger partial charge in [-0.15, -0.1) is 0 Å². The number of para-hydroxylation sites is 1. The smallest absolute Gasteiger partial charge is 0.410 e. The zero-order chi connectivity index (χ0) is 29.7. The highest BCUT2D eigenvalue weighted by Crippen LogP contribution is 2.25. The number of carboxylic acids is 1. The zero-order valence-electron chi connectivity index (χ0n) is 23.9. The van der Waals surface area contributed by atoms with E-state index in [1.54, 1.807) is 51.2 Å². The van der Waals surface area contributed by atoms with Gasteiger partial charge in [-0.05, 0) is 50.8 Å². The maximum absolute atomic E-state index is 13.8. The van der Waals surface area contributed by atoms with Crippen molar-refractivity contribution in [2.75, 3.05) is 13.6 Å². The topological polar surface area (TPSA) is 132 Å². The first-order valence-corrected chi connectivity index (χ1v) is 13.8. The van der Waals surface area contributed by atoms with Crippen LogP contribution in [0.3, 0.4) is 0 Å². The van der Waals surface area contributed by atoms with E-state index >= 15 is 0 Å². The van der Waals surface area contributed by atoms with Crippen molar-refractivity contribution in [3.05, 3.63) is 71.9 Å². The highest BCUT2D eigenvalue weighted by Gasteiger charge is 2.41. The van der Waals surface area contributed by atoms with Crippen molar-refractivity contribution in [1.29, 1.82) is 0 Å². The fourth-order valence-electron chi connectivity index (χ4n) is 5.18. The minimum absolute atomic E-state index is 0.0917. The van der Waals surface area contributed by atoms with Gasteiger partial charge in [0, 0.05) is 43.5 Å². The molecule has 3 atom stereocenters. The van der Waals surface area contributed by atoms with Crippen LogP contribution < -0.4 is 5.32 Å². The predicted octanol–water partition coefficient (Wildman–Crippen LogP) is 3.75. The van der Waals surface area contributed by atoms with E-state index in [2.05, 4.69) is 10.3 Å². The summed E-state index contributed by atoms with van der Waals surface area (Å²) in [5.41, 5.74) is 1.74. The molecule has 0 radical (unpaired) electrons. The fourth-order valence-corrected chi connectivity index (χ4v) is 5.18. The Hall–Kier alpha value is -4.34. The molecule has 4 rings (SSSR count). The molecule has 0 bridgehead atoms. The monoisotopic (exact) mass is 562 g/mol. The lowest BCUT2D eigenvalue weighted by Crippen LogP contribution is -2.57. The number of nitrogens with zero attached hydrogens (tertiary/aromatic N) is 2. The quantitative estimate of drug-likeness (QED) is 0.364. The highest BCUT2D eigenvalue weighted by molar-refractivity contribution is 5.94. The number of nitrogens with one attached hydrogen (secondary N) is 2. The summed E-state index contributed by atoms with van der Waals surface area (Å²) in [5, 5.41) is 13.5. The number of H-pyrrole nitrogens is 1. The van der Waals surface area contributed by atoms with Crippen LogP contribution >= 0.6 is 0 Å². The van der Waals surface area contributed by atoms with Gasteiger partial charge in [0.1, 0.15) is 23.7 Å². The van der Waals surface area contributed by atoms with Crippen LogP contribution in [0, 0.1) is 0 Å². The molecule has 0 saturated carbocycles. The molecule has 10 heteroatoms. The third-order valence-corrected chi connectivity index (χ3v) is 7.27. The standard InChI is InChI=1S/C31H38N4O6/c1-31(2,3)41-30(40)35-16-10-15-25(35)28(37)34(4)26(18-21-19-32-23-14-9-8-13-22(21)23)27(36)33-24(29(38)39)17-20-11-6-5-7-12-20/h5-9,11-14,19,24-26,32H,10,15-18H2,1-4H3,(H,33,36)(H,38,39)/t24-,25-,26+/m0/s1. The van der Waals surface area contributed by atoms with E-state index in [9.17, 15) is 24.3 Å². The summed E-state index contributed by atoms with van der Waals surface area (Å²) < 4.78 is 5.53. The summed E-state index contributed by atoms with van der Waals surface area (Å²) >= 11 is 0. The average Bonchev–Trinajstić information content (AvgIpc) is 3.58. The molecule has 218 valence electrons. The van der Waals surface area contributed by atoms with Crippen molar-refractivity contribution in [2.24, 2.45) is 0 Å². The average molecular weight is 563 g/mol. The number of carboxylic acid groups (broad SMARTS) is 1. The second kappa shape index (κ2) is 12.4. The Labute approximate surface area is 239 Å². The largest absolute Gasteiger partial charge is 0.480 e. The molecule has 1 aliphatic rings. The van der Waals surface area contributed by atoms with Crippen molar-refractivity contribution in [3.8, 4) is 0 Å². The number of likely N-dealkylation sites (N-methyl/N-ethyl adjacent to an activating group) is 1. The normalized spacial score (nSPS) is 16.7. The van der Waals surface area contributed by atoms with Gasteiger partial charge < -0.3 is 25.0 Å². The summed E-state index contributed by atoms with van der Waals surface area (Å²) in [5.74, 6) is -2.16. The van der Waals surface area contributed by atoms with E-state index in [0.717, 1.165) is 22.0 Å². The van der Waals surface area contributed by atoms with Gasteiger partial charge in [-0.2, -0.15) is 0 Å². The molecular weight excluding hydrogens is 524 g/mol. The van der Waals surface area contributed by atoms with Gasteiger partial charge in [-0.1, -0.05) is 48.5 Å². The number of carbonyl (C=O) groups is 4. The first-order chi connectivity index (χ1) is 19.4. The summed E-state index contributed by atoms with van der Waals surface area (Å²) in [4.78, 5) is 58.6. The van der Waals surface area contributed by atoms with Crippen molar-refractivity contribution in [1.82, 2.24) is 20.1 Å². The third-order valence-electron chi connectivity index (χ3n) is 7.27. The minimum atomic E-state index is -1.19. The molecule has 2 aromatic carbocycles. The number of hydrogen-bond donors (Lipinski definition) is 3. The van der Waals surface area contributed by atoms with E-state index < -0.39 is 47.6 Å². The molecule has 3 aromatic rings. The summed E-state index contributed by atoms with van der Waals surface area (Å²) in [6, 6.07) is 13.7. The molecule has 0 unspecified atom stereocenters. The number of aromatic amines is 1. The second-order valence-electron chi connectivity index (χ2n) is 11.4. The molecule has 0 aliphatic carbocycles. The van der Waals surface area contributed by atoms with Crippen LogP contribution in [0.4, 0.5) is 4.79 Å². The summed E-state index contributed by atoms with van der Waals surface area (Å²) in [7, 11) is 1.53. The Balaban J connectivity index is 1.60. The number of hydrogen-bond acceptors (Lipinski definition) is 5. The van der Waals surface area contributed by atoms with Crippen molar-refractivity contribution in [3.63, 3.8) is 0 Å². The fraction of sp³-hybridized carbons (Fsp3) is 0.419. The molecule has 0 spiro atoms. The van der Waals surface area contributed by atoms with Crippen LogP contribution in [0.25, 0.3) is 10.9 Å². The Morgan fingerprint density at radius 3 is 2.44 bits per heavy atom. The van der Waals surface area contributed by atoms with E-state index in [-0.39, 0.29) is 12.8 Å². The Morgan fingerprint density at radius 1 is 1.07 bits per heavy atom. The van der Waals surface area contributed by atoms with Crippen LogP contribution in [0.5, 0.6) is 0 Å². The number of amides is 3. The molecule has 2 heterocycles. The van der Waals surface area contributed by atoms with Gasteiger partial charge in [-0.25, -0.2) is 9.59 Å². The van der Waals surface area contributed by atoms with Gasteiger partial charge in [0.25, 0.3) is 0 Å². The molecule has 10 nitrogen and oxygen atoms in total. The second-order valence-corrected chi connectivity index (χ2v) is 11.4. The number of rotatable bonds is 9. The number of ether oxygens (including phenoxy) is 1. The van der Waals surface area contributed by atoms with Crippen LogP contribution in [0.1, 0.15) is 44.7 Å². The van der Waals surface area contributed by atoms with Crippen LogP contribution in [0.2, 0.25) is 0 Å². The van der Waals surface area contributed by atoms with Crippen molar-refractivity contribution in [2.45, 2.75) is 70.2 Å². The number of aliphatic carboxylic acids is 1. The van der Waals surface area contributed by atoms with E-state index in [4.69, 9.17) is 4.74 Å². The van der Waals surface area contributed by atoms with E-state index in [0.29, 0.717) is 19.4 Å².